The molecular weight excluding hydrogens is 428 g/mol. The highest BCUT2D eigenvalue weighted by molar-refractivity contribution is 6.19. The van der Waals surface area contributed by atoms with Crippen LogP contribution in [0.15, 0.2) is 48.5 Å². The maximum absolute atomic E-state index is 13.5. The van der Waals surface area contributed by atoms with Gasteiger partial charge in [0.15, 0.2) is 5.78 Å². The molecule has 1 N–H and O–H groups in total. The first-order valence-corrected chi connectivity index (χ1v) is 10.8. The Balaban J connectivity index is 1.83. The summed E-state index contributed by atoms with van der Waals surface area (Å²) in [4.78, 5) is 30.2. The van der Waals surface area contributed by atoms with E-state index in [0.29, 0.717) is 29.2 Å². The lowest BCUT2D eigenvalue weighted by atomic mass is 9.87. The highest BCUT2D eigenvalue weighted by Crippen LogP contribution is 2.32. The predicted molar refractivity (Wildman–Crippen MR) is 125 cm³/mol. The van der Waals surface area contributed by atoms with Crippen LogP contribution in [0, 0.1) is 0 Å². The molecule has 1 aromatic heterocycles. The zero-order valence-corrected chi connectivity index (χ0v) is 18.6. The van der Waals surface area contributed by atoms with E-state index in [0.717, 1.165) is 22.0 Å². The van der Waals surface area contributed by atoms with E-state index >= 15 is 0 Å². The summed E-state index contributed by atoms with van der Waals surface area (Å²) in [6.45, 7) is 0. The second kappa shape index (κ2) is 9.40. The number of rotatable bonds is 7. The molecule has 4 rings (SSSR count). The predicted octanol–water partition coefficient (Wildman–Crippen LogP) is 4.17. The number of fused-ring (bicyclic) bond motifs is 2. The van der Waals surface area contributed by atoms with E-state index < -0.39 is 6.04 Å². The number of halogens is 1. The largest absolute Gasteiger partial charge is 0.497 e. The van der Waals surface area contributed by atoms with Crippen molar-refractivity contribution in [3.8, 4) is 11.5 Å². The fourth-order valence-electron chi connectivity index (χ4n) is 3.93. The molecule has 2 aromatic carbocycles. The van der Waals surface area contributed by atoms with Gasteiger partial charge < -0.3 is 14.8 Å². The van der Waals surface area contributed by atoms with Crippen LogP contribution in [0.5, 0.6) is 11.5 Å². The van der Waals surface area contributed by atoms with Crippen LogP contribution >= 0.6 is 11.6 Å². The summed E-state index contributed by atoms with van der Waals surface area (Å²) in [6, 6.07) is 12.6. The topological polar surface area (TPSA) is 77.5 Å². The molecule has 0 radical (unpaired) electrons. The number of ether oxygens (including phenoxy) is 2. The summed E-state index contributed by atoms with van der Waals surface area (Å²) in [6.07, 6.45) is 4.10. The highest BCUT2D eigenvalue weighted by atomic mass is 35.5. The molecule has 0 saturated heterocycles. The van der Waals surface area contributed by atoms with Crippen LogP contribution in [0.4, 0.5) is 0 Å². The average molecular weight is 451 g/mol. The molecular formula is C25H23ClN2O4. The summed E-state index contributed by atoms with van der Waals surface area (Å²) in [5.74, 6) is 1.09. The number of hydrogen-bond acceptors (Lipinski definition) is 5. The first kappa shape index (κ1) is 21.8. The Morgan fingerprint density at radius 2 is 1.84 bits per heavy atom. The van der Waals surface area contributed by atoms with Gasteiger partial charge in [-0.2, -0.15) is 0 Å². The zero-order valence-electron chi connectivity index (χ0n) is 17.9. The number of amides is 1. The van der Waals surface area contributed by atoms with Gasteiger partial charge in [0.05, 0.1) is 25.4 Å². The Morgan fingerprint density at radius 1 is 1.12 bits per heavy atom. The van der Waals surface area contributed by atoms with E-state index in [-0.39, 0.29) is 24.0 Å². The number of alkyl halides is 1. The van der Waals surface area contributed by atoms with Crippen LogP contribution in [0.2, 0.25) is 0 Å². The van der Waals surface area contributed by atoms with E-state index in [2.05, 4.69) is 5.32 Å². The van der Waals surface area contributed by atoms with Gasteiger partial charge in [0.2, 0.25) is 5.91 Å². The van der Waals surface area contributed by atoms with Crippen molar-refractivity contribution in [2.45, 2.75) is 18.9 Å². The number of hydrogen-bond donors (Lipinski definition) is 1. The molecule has 32 heavy (non-hydrogen) atoms. The lowest BCUT2D eigenvalue weighted by Crippen LogP contribution is -2.41. The quantitative estimate of drug-likeness (QED) is 0.547. The number of pyridine rings is 1. The van der Waals surface area contributed by atoms with Gasteiger partial charge in [-0.1, -0.05) is 24.3 Å². The minimum absolute atomic E-state index is 0.151. The Hall–Kier alpha value is -3.38. The number of para-hydroxylation sites is 1. The molecule has 0 spiro atoms. The van der Waals surface area contributed by atoms with E-state index in [1.54, 1.807) is 32.4 Å². The summed E-state index contributed by atoms with van der Waals surface area (Å²) in [5.41, 5.74) is 3.71. The fraction of sp³-hybridized carbons (Fsp3) is 0.240. The molecule has 6 nitrogen and oxygen atoms in total. The van der Waals surface area contributed by atoms with Crippen LogP contribution in [0.3, 0.4) is 0 Å². The summed E-state index contributed by atoms with van der Waals surface area (Å²) >= 11 is 5.67. The van der Waals surface area contributed by atoms with Crippen molar-refractivity contribution in [2.24, 2.45) is 0 Å². The van der Waals surface area contributed by atoms with E-state index in [1.807, 2.05) is 36.4 Å². The molecule has 0 saturated carbocycles. The van der Waals surface area contributed by atoms with Crippen LogP contribution in [0.1, 0.15) is 33.6 Å². The van der Waals surface area contributed by atoms with Gasteiger partial charge >= 0.3 is 0 Å². The van der Waals surface area contributed by atoms with Gasteiger partial charge in [-0.05, 0) is 41.8 Å². The Morgan fingerprint density at radius 3 is 2.53 bits per heavy atom. The maximum atomic E-state index is 13.5. The standard InChI is InChI=1S/C25H23ClN2O4/c1-31-16-11-15(12-17(14-16)32-2)13-19-18-5-3-4-6-20(18)27-21-7-8-22(25(30)24(19)21)28-23(29)9-10-26/h3-8,11-12,14,22H,9-10,13H2,1-2H3,(H,28,29). The molecule has 0 fully saturated rings. The SMILES string of the molecule is COc1cc(Cc2c3c(nc4ccccc24)C=CC(NC(=O)CCCl)C3=O)cc(OC)c1. The average Bonchev–Trinajstić information content (AvgIpc) is 2.80. The number of benzene rings is 2. The lowest BCUT2D eigenvalue weighted by molar-refractivity contribution is -0.120. The molecule has 1 unspecified atom stereocenters. The monoisotopic (exact) mass is 450 g/mol. The summed E-state index contributed by atoms with van der Waals surface area (Å²) in [5, 5.41) is 3.65. The Labute approximate surface area is 191 Å². The van der Waals surface area contributed by atoms with Gasteiger partial charge in [-0.25, -0.2) is 4.98 Å². The van der Waals surface area contributed by atoms with E-state index in [1.165, 1.54) is 0 Å². The van der Waals surface area contributed by atoms with Gasteiger partial charge in [-0.3, -0.25) is 9.59 Å². The van der Waals surface area contributed by atoms with Crippen LogP contribution in [0.25, 0.3) is 17.0 Å². The van der Waals surface area contributed by atoms with Crippen LogP contribution < -0.4 is 14.8 Å². The molecule has 1 aliphatic rings. The molecule has 1 aliphatic carbocycles. The second-order valence-corrected chi connectivity index (χ2v) is 7.85. The second-order valence-electron chi connectivity index (χ2n) is 7.47. The number of ketones is 1. The van der Waals surface area contributed by atoms with Gasteiger partial charge in [-0.15, -0.1) is 11.6 Å². The van der Waals surface area contributed by atoms with Gasteiger partial charge in [0.25, 0.3) is 0 Å². The number of Topliss-reactive ketones (excluding diaryl/α,β-unsaturated/α-hetero) is 1. The number of methoxy groups -OCH3 is 2. The molecule has 164 valence electrons. The highest BCUT2D eigenvalue weighted by Gasteiger charge is 2.29. The third-order valence-corrected chi connectivity index (χ3v) is 5.62. The Bertz CT molecular complexity index is 1200. The van der Waals surface area contributed by atoms with E-state index in [4.69, 9.17) is 26.1 Å². The first-order valence-electron chi connectivity index (χ1n) is 10.3. The van der Waals surface area contributed by atoms with Gasteiger partial charge in [0.1, 0.15) is 17.5 Å². The molecule has 7 heteroatoms. The van der Waals surface area contributed by atoms with Crippen LogP contribution in [-0.2, 0) is 11.2 Å². The number of nitrogens with one attached hydrogen (secondary N) is 1. The lowest BCUT2D eigenvalue weighted by Gasteiger charge is -2.23. The number of carbonyl (C=O) groups excluding carboxylic acids is 2. The van der Waals surface area contributed by atoms with Crippen molar-refractivity contribution in [3.05, 3.63) is 70.9 Å². The summed E-state index contributed by atoms with van der Waals surface area (Å²) < 4.78 is 10.8. The number of carbonyl (C=O) groups is 2. The molecule has 0 bridgehead atoms. The smallest absolute Gasteiger partial charge is 0.222 e. The third-order valence-electron chi connectivity index (χ3n) is 5.43. The van der Waals surface area contributed by atoms with Crippen molar-refractivity contribution in [2.75, 3.05) is 20.1 Å². The Kier molecular flexibility index (Phi) is 6.42. The van der Waals surface area contributed by atoms with Crippen molar-refractivity contribution in [3.63, 3.8) is 0 Å². The molecule has 3 aromatic rings. The van der Waals surface area contributed by atoms with E-state index in [9.17, 15) is 9.59 Å². The minimum Gasteiger partial charge on any atom is -0.497 e. The molecule has 1 amide bonds. The fourth-order valence-corrected chi connectivity index (χ4v) is 4.10. The first-order chi connectivity index (χ1) is 15.5. The number of aromatic nitrogens is 1. The van der Waals surface area contributed by atoms with Crippen LogP contribution in [-0.4, -0.2) is 42.8 Å². The zero-order chi connectivity index (χ0) is 22.7. The third kappa shape index (κ3) is 4.32. The normalized spacial score (nSPS) is 14.8. The molecule has 1 heterocycles. The summed E-state index contributed by atoms with van der Waals surface area (Å²) in [7, 11) is 3.20. The molecule has 0 aliphatic heterocycles. The van der Waals surface area contributed by atoms with Crippen molar-refractivity contribution in [1.82, 2.24) is 10.3 Å². The minimum atomic E-state index is -0.750. The van der Waals surface area contributed by atoms with Gasteiger partial charge in [0, 0.05) is 29.3 Å². The molecule has 1 atom stereocenters. The van der Waals surface area contributed by atoms with Crippen molar-refractivity contribution >= 4 is 40.3 Å². The van der Waals surface area contributed by atoms with Crippen molar-refractivity contribution < 1.29 is 19.1 Å². The maximum Gasteiger partial charge on any atom is 0.222 e. The number of nitrogens with zero attached hydrogens (tertiary/aromatic N) is 1. The van der Waals surface area contributed by atoms with Crippen molar-refractivity contribution in [1.29, 1.82) is 0 Å².